The van der Waals surface area contributed by atoms with E-state index in [1.54, 1.807) is 0 Å². The van der Waals surface area contributed by atoms with E-state index in [2.05, 4.69) is 43.0 Å². The van der Waals surface area contributed by atoms with Crippen molar-refractivity contribution in [2.75, 3.05) is 24.2 Å². The van der Waals surface area contributed by atoms with Crippen LogP contribution < -0.4 is 15.8 Å². The second-order valence-corrected chi connectivity index (χ2v) is 5.85. The van der Waals surface area contributed by atoms with Crippen LogP contribution >= 0.6 is 0 Å². The van der Waals surface area contributed by atoms with Crippen molar-refractivity contribution in [3.63, 3.8) is 0 Å². The number of rotatable bonds is 8. The maximum absolute atomic E-state index is 6.07. The lowest BCUT2D eigenvalue weighted by molar-refractivity contribution is 0.326. The Balaban J connectivity index is 2.91. The van der Waals surface area contributed by atoms with Gasteiger partial charge in [0.25, 0.3) is 0 Å². The van der Waals surface area contributed by atoms with Gasteiger partial charge in [0.05, 0.1) is 6.61 Å². The van der Waals surface area contributed by atoms with Crippen LogP contribution in [0.5, 0.6) is 5.88 Å². The maximum Gasteiger partial charge on any atom is 0.242 e. The van der Waals surface area contributed by atoms with E-state index in [1.807, 2.05) is 6.92 Å². The number of nitrogen functional groups attached to an aromatic ring is 1. The fourth-order valence-corrected chi connectivity index (χ4v) is 1.81. The van der Waals surface area contributed by atoms with Gasteiger partial charge in [0.15, 0.2) is 5.82 Å². The number of anilines is 2. The van der Waals surface area contributed by atoms with Gasteiger partial charge < -0.3 is 15.8 Å². The summed E-state index contributed by atoms with van der Waals surface area (Å²) < 4.78 is 5.51. The Labute approximate surface area is 122 Å². The molecule has 0 saturated heterocycles. The number of nitrogens with zero attached hydrogens (tertiary/aromatic N) is 2. The van der Waals surface area contributed by atoms with Crippen LogP contribution in [0.1, 0.15) is 46.9 Å². The molecular formula is C15H28N4O. The highest BCUT2D eigenvalue weighted by atomic mass is 16.5. The van der Waals surface area contributed by atoms with Crippen LogP contribution in [0.25, 0.3) is 0 Å². The predicted molar refractivity (Wildman–Crippen MR) is 84.1 cm³/mol. The zero-order valence-corrected chi connectivity index (χ0v) is 13.4. The molecule has 0 radical (unpaired) electrons. The van der Waals surface area contributed by atoms with Gasteiger partial charge >= 0.3 is 0 Å². The van der Waals surface area contributed by atoms with Crippen LogP contribution in [0.4, 0.5) is 11.5 Å². The van der Waals surface area contributed by atoms with Crippen LogP contribution in [0.2, 0.25) is 0 Å². The van der Waals surface area contributed by atoms with Gasteiger partial charge in [0.2, 0.25) is 5.88 Å². The Morgan fingerprint density at radius 2 is 1.85 bits per heavy atom. The standard InChI is InChI=1S/C15H28N4O/c1-6-20-15-13(16)14(17-8-7-10(2)3)18-12(19-15)9-11(4)5/h10-11H,6-9,16H2,1-5H3,(H,17,18,19). The maximum atomic E-state index is 6.07. The van der Waals surface area contributed by atoms with Crippen molar-refractivity contribution in [3.8, 4) is 5.88 Å². The molecule has 5 nitrogen and oxygen atoms in total. The smallest absolute Gasteiger partial charge is 0.242 e. The van der Waals surface area contributed by atoms with E-state index >= 15 is 0 Å². The van der Waals surface area contributed by atoms with E-state index in [0.717, 1.165) is 25.2 Å². The number of hydrogen-bond donors (Lipinski definition) is 2. The lowest BCUT2D eigenvalue weighted by atomic mass is 10.1. The average Bonchev–Trinajstić information content (AvgIpc) is 2.33. The van der Waals surface area contributed by atoms with Gasteiger partial charge in [-0.3, -0.25) is 0 Å². The van der Waals surface area contributed by atoms with E-state index in [0.29, 0.717) is 35.8 Å². The highest BCUT2D eigenvalue weighted by Gasteiger charge is 2.13. The Morgan fingerprint density at radius 3 is 2.40 bits per heavy atom. The monoisotopic (exact) mass is 280 g/mol. The minimum absolute atomic E-state index is 0.491. The second-order valence-electron chi connectivity index (χ2n) is 5.85. The summed E-state index contributed by atoms with van der Waals surface area (Å²) in [5.74, 6) is 3.11. The molecule has 1 rings (SSSR count). The van der Waals surface area contributed by atoms with Crippen molar-refractivity contribution in [2.45, 2.75) is 47.5 Å². The van der Waals surface area contributed by atoms with Crippen LogP contribution in [0.15, 0.2) is 0 Å². The second kappa shape index (κ2) is 7.92. The van der Waals surface area contributed by atoms with Crippen molar-refractivity contribution in [1.82, 2.24) is 9.97 Å². The van der Waals surface area contributed by atoms with E-state index < -0.39 is 0 Å². The number of aromatic nitrogens is 2. The largest absolute Gasteiger partial charge is 0.476 e. The molecule has 3 N–H and O–H groups in total. The first-order valence-corrected chi connectivity index (χ1v) is 7.47. The first kappa shape index (κ1) is 16.5. The fraction of sp³-hybridized carbons (Fsp3) is 0.733. The van der Waals surface area contributed by atoms with E-state index in [1.165, 1.54) is 0 Å². The molecule has 0 aromatic carbocycles. The summed E-state index contributed by atoms with van der Waals surface area (Å²) in [6.07, 6.45) is 1.89. The van der Waals surface area contributed by atoms with Crippen LogP contribution in [-0.4, -0.2) is 23.1 Å². The van der Waals surface area contributed by atoms with Crippen molar-refractivity contribution in [2.24, 2.45) is 11.8 Å². The van der Waals surface area contributed by atoms with Gasteiger partial charge in [-0.25, -0.2) is 4.98 Å². The van der Waals surface area contributed by atoms with Crippen LogP contribution in [0, 0.1) is 11.8 Å². The molecule has 1 aromatic rings. The summed E-state index contributed by atoms with van der Waals surface area (Å²) in [7, 11) is 0. The molecule has 0 aliphatic carbocycles. The predicted octanol–water partition coefficient (Wildman–Crippen LogP) is 3.11. The quantitative estimate of drug-likeness (QED) is 0.765. The molecule has 1 heterocycles. The summed E-state index contributed by atoms with van der Waals surface area (Å²) in [6.45, 7) is 12.0. The van der Waals surface area contributed by atoms with Crippen molar-refractivity contribution < 1.29 is 4.74 Å². The van der Waals surface area contributed by atoms with Crippen molar-refractivity contribution in [3.05, 3.63) is 5.82 Å². The average molecular weight is 280 g/mol. The number of nitrogens with two attached hydrogens (primary N) is 1. The Morgan fingerprint density at radius 1 is 1.15 bits per heavy atom. The van der Waals surface area contributed by atoms with Crippen molar-refractivity contribution >= 4 is 11.5 Å². The fourth-order valence-electron chi connectivity index (χ4n) is 1.81. The summed E-state index contributed by atoms with van der Waals surface area (Å²) in [5.41, 5.74) is 6.58. The number of hydrogen-bond acceptors (Lipinski definition) is 5. The molecule has 0 amide bonds. The highest BCUT2D eigenvalue weighted by Crippen LogP contribution is 2.27. The molecule has 0 aliphatic heterocycles. The van der Waals surface area contributed by atoms with E-state index in [4.69, 9.17) is 10.5 Å². The van der Waals surface area contributed by atoms with Gasteiger partial charge in [-0.05, 0) is 25.2 Å². The molecule has 1 aromatic heterocycles. The number of ether oxygens (including phenoxy) is 1. The topological polar surface area (TPSA) is 73.1 Å². The van der Waals surface area contributed by atoms with Gasteiger partial charge in [0, 0.05) is 13.0 Å². The molecule has 0 atom stereocenters. The third kappa shape index (κ3) is 5.23. The molecule has 0 aliphatic rings. The first-order chi connectivity index (χ1) is 9.43. The molecule has 20 heavy (non-hydrogen) atoms. The van der Waals surface area contributed by atoms with Crippen LogP contribution in [-0.2, 0) is 6.42 Å². The Kier molecular flexibility index (Phi) is 6.55. The van der Waals surface area contributed by atoms with Gasteiger partial charge in [-0.2, -0.15) is 4.98 Å². The molecule has 0 fully saturated rings. The van der Waals surface area contributed by atoms with E-state index in [9.17, 15) is 0 Å². The molecule has 0 unspecified atom stereocenters. The molecule has 5 heteroatoms. The summed E-state index contributed by atoms with van der Waals surface area (Å²) >= 11 is 0. The Bertz CT molecular complexity index is 419. The zero-order valence-electron chi connectivity index (χ0n) is 13.4. The minimum Gasteiger partial charge on any atom is -0.476 e. The molecule has 0 spiro atoms. The van der Waals surface area contributed by atoms with Gasteiger partial charge in [-0.15, -0.1) is 0 Å². The van der Waals surface area contributed by atoms with E-state index in [-0.39, 0.29) is 0 Å². The van der Waals surface area contributed by atoms with Gasteiger partial charge in [-0.1, -0.05) is 27.7 Å². The van der Waals surface area contributed by atoms with Gasteiger partial charge in [0.1, 0.15) is 11.5 Å². The van der Waals surface area contributed by atoms with Crippen molar-refractivity contribution in [1.29, 1.82) is 0 Å². The molecular weight excluding hydrogens is 252 g/mol. The third-order valence-electron chi connectivity index (χ3n) is 2.84. The SMILES string of the molecule is CCOc1nc(CC(C)C)nc(NCCC(C)C)c1N. The normalized spacial score (nSPS) is 11.2. The minimum atomic E-state index is 0.491. The van der Waals surface area contributed by atoms with Crippen LogP contribution in [0.3, 0.4) is 0 Å². The first-order valence-electron chi connectivity index (χ1n) is 7.47. The summed E-state index contributed by atoms with van der Waals surface area (Å²) in [6, 6.07) is 0. The zero-order chi connectivity index (χ0) is 15.1. The lowest BCUT2D eigenvalue weighted by Gasteiger charge is -2.15. The third-order valence-corrected chi connectivity index (χ3v) is 2.84. The summed E-state index contributed by atoms with van der Waals surface area (Å²) in [4.78, 5) is 8.93. The molecule has 0 saturated carbocycles. The molecule has 0 bridgehead atoms. The highest BCUT2D eigenvalue weighted by molar-refractivity contribution is 5.66. The number of nitrogens with one attached hydrogen (secondary N) is 1. The lowest BCUT2D eigenvalue weighted by Crippen LogP contribution is -2.13. The molecule has 114 valence electrons. The summed E-state index contributed by atoms with van der Waals surface area (Å²) in [5, 5.41) is 3.30. The Hall–Kier alpha value is -1.52.